The van der Waals surface area contributed by atoms with E-state index in [-0.39, 0.29) is 19.0 Å². The Balaban J connectivity index is 1.51. The molecule has 0 spiro atoms. The highest BCUT2D eigenvalue weighted by molar-refractivity contribution is 5.69. The van der Waals surface area contributed by atoms with Crippen molar-refractivity contribution >= 4 is 5.97 Å². The Labute approximate surface area is 146 Å². The Morgan fingerprint density at radius 1 is 1.00 bits per heavy atom. The fraction of sp³-hybridized carbons (Fsp3) is 0.143. The summed E-state index contributed by atoms with van der Waals surface area (Å²) in [7, 11) is 0. The molecule has 0 aliphatic carbocycles. The van der Waals surface area contributed by atoms with Crippen molar-refractivity contribution in [3.63, 3.8) is 0 Å². The van der Waals surface area contributed by atoms with Crippen molar-refractivity contribution in [1.29, 1.82) is 5.26 Å². The van der Waals surface area contributed by atoms with Crippen LogP contribution in [-0.4, -0.2) is 5.97 Å². The topological polar surface area (TPSA) is 63.2 Å². The number of esters is 1. The average Bonchev–Trinajstić information content (AvgIpc) is 3.14. The second kappa shape index (κ2) is 7.98. The predicted molar refractivity (Wildman–Crippen MR) is 93.4 cm³/mol. The molecule has 1 aromatic heterocycles. The van der Waals surface area contributed by atoms with E-state index in [1.54, 1.807) is 18.2 Å². The molecule has 0 atom stereocenters. The largest absolute Gasteiger partial charge is 0.461 e. The second-order valence-electron chi connectivity index (χ2n) is 5.56. The molecule has 0 radical (unpaired) electrons. The molecule has 0 unspecified atom stereocenters. The van der Waals surface area contributed by atoms with Crippen molar-refractivity contribution in [2.75, 3.05) is 0 Å². The van der Waals surface area contributed by atoms with Crippen molar-refractivity contribution in [3.05, 3.63) is 83.6 Å². The first-order valence-corrected chi connectivity index (χ1v) is 8.04. The van der Waals surface area contributed by atoms with Crippen LogP contribution in [0.3, 0.4) is 0 Å². The molecule has 0 bridgehead atoms. The van der Waals surface area contributed by atoms with Gasteiger partial charge in [-0.1, -0.05) is 48.5 Å². The van der Waals surface area contributed by atoms with Crippen molar-refractivity contribution in [3.8, 4) is 17.4 Å². The van der Waals surface area contributed by atoms with Gasteiger partial charge in [0.05, 0.1) is 18.1 Å². The first-order valence-electron chi connectivity index (χ1n) is 8.04. The smallest absolute Gasteiger partial charge is 0.306 e. The molecule has 0 aliphatic rings. The standard InChI is InChI=1S/C21H17NO3/c22-14-17-8-4-5-9-18(17)15-24-21(23)13-11-19-10-12-20(25-19)16-6-2-1-3-7-16/h1-10,12H,11,13,15H2. The van der Waals surface area contributed by atoms with E-state index >= 15 is 0 Å². The van der Waals surface area contributed by atoms with Crippen molar-refractivity contribution in [2.45, 2.75) is 19.4 Å². The van der Waals surface area contributed by atoms with E-state index in [9.17, 15) is 4.79 Å². The highest BCUT2D eigenvalue weighted by Crippen LogP contribution is 2.22. The monoisotopic (exact) mass is 331 g/mol. The number of benzene rings is 2. The van der Waals surface area contributed by atoms with Crippen molar-refractivity contribution in [1.82, 2.24) is 0 Å². The van der Waals surface area contributed by atoms with E-state index in [1.807, 2.05) is 48.5 Å². The summed E-state index contributed by atoms with van der Waals surface area (Å²) < 4.78 is 11.0. The van der Waals surface area contributed by atoms with Crippen LogP contribution in [0.2, 0.25) is 0 Å². The van der Waals surface area contributed by atoms with E-state index in [0.717, 1.165) is 17.1 Å². The van der Waals surface area contributed by atoms with Gasteiger partial charge in [0, 0.05) is 17.5 Å². The summed E-state index contributed by atoms with van der Waals surface area (Å²) in [5.41, 5.74) is 2.24. The summed E-state index contributed by atoms with van der Waals surface area (Å²) in [4.78, 5) is 11.9. The summed E-state index contributed by atoms with van der Waals surface area (Å²) >= 11 is 0. The molecule has 1 heterocycles. The van der Waals surface area contributed by atoms with E-state index < -0.39 is 0 Å². The molecule has 3 rings (SSSR count). The van der Waals surface area contributed by atoms with Gasteiger partial charge < -0.3 is 9.15 Å². The number of nitrogens with zero attached hydrogens (tertiary/aromatic N) is 1. The van der Waals surface area contributed by atoms with Crippen molar-refractivity contribution in [2.24, 2.45) is 0 Å². The molecule has 2 aromatic carbocycles. The number of hydrogen-bond acceptors (Lipinski definition) is 4. The Bertz CT molecular complexity index is 891. The van der Waals surface area contributed by atoms with Gasteiger partial charge in [-0.25, -0.2) is 0 Å². The minimum atomic E-state index is -0.314. The van der Waals surface area contributed by atoms with Crippen LogP contribution in [0.25, 0.3) is 11.3 Å². The molecular formula is C21H17NO3. The van der Waals surface area contributed by atoms with Gasteiger partial charge in [0.25, 0.3) is 0 Å². The zero-order valence-corrected chi connectivity index (χ0v) is 13.6. The van der Waals surface area contributed by atoms with Crippen LogP contribution in [-0.2, 0) is 22.6 Å². The zero-order chi connectivity index (χ0) is 17.5. The Kier molecular flexibility index (Phi) is 5.28. The molecule has 0 aliphatic heterocycles. The average molecular weight is 331 g/mol. The quantitative estimate of drug-likeness (QED) is 0.624. The van der Waals surface area contributed by atoms with Crippen molar-refractivity contribution < 1.29 is 13.9 Å². The Morgan fingerprint density at radius 3 is 2.56 bits per heavy atom. The summed E-state index contributed by atoms with van der Waals surface area (Å²) in [5.74, 6) is 1.21. The third-order valence-electron chi connectivity index (χ3n) is 3.82. The van der Waals surface area contributed by atoms with E-state index in [4.69, 9.17) is 14.4 Å². The number of carbonyl (C=O) groups is 1. The molecule has 0 amide bonds. The predicted octanol–water partition coefficient (Wildman–Crippen LogP) is 4.49. The van der Waals surface area contributed by atoms with Gasteiger partial charge in [0.15, 0.2) is 0 Å². The third-order valence-corrected chi connectivity index (χ3v) is 3.82. The van der Waals surface area contributed by atoms with Gasteiger partial charge in [0.1, 0.15) is 18.1 Å². The molecule has 124 valence electrons. The lowest BCUT2D eigenvalue weighted by atomic mass is 10.1. The molecule has 0 saturated heterocycles. The second-order valence-corrected chi connectivity index (χ2v) is 5.56. The maximum atomic E-state index is 11.9. The lowest BCUT2D eigenvalue weighted by Crippen LogP contribution is -2.06. The maximum absolute atomic E-state index is 11.9. The molecule has 4 nitrogen and oxygen atoms in total. The number of furan rings is 1. The molecule has 25 heavy (non-hydrogen) atoms. The van der Waals surface area contributed by atoms with Gasteiger partial charge in [-0.2, -0.15) is 5.26 Å². The minimum Gasteiger partial charge on any atom is -0.461 e. The number of carbonyl (C=O) groups excluding carboxylic acids is 1. The number of nitriles is 1. The van der Waals surface area contributed by atoms with Crippen LogP contribution < -0.4 is 0 Å². The van der Waals surface area contributed by atoms with E-state index in [1.165, 1.54) is 0 Å². The van der Waals surface area contributed by atoms with Gasteiger partial charge >= 0.3 is 5.97 Å². The summed E-state index contributed by atoms with van der Waals surface area (Å²) in [6.45, 7) is 0.107. The molecular weight excluding hydrogens is 314 g/mol. The SMILES string of the molecule is N#Cc1ccccc1COC(=O)CCc1ccc(-c2ccccc2)o1. The Hall–Kier alpha value is -3.32. The van der Waals surface area contributed by atoms with Crippen LogP contribution >= 0.6 is 0 Å². The number of ether oxygens (including phenoxy) is 1. The van der Waals surface area contributed by atoms with Gasteiger partial charge in [0.2, 0.25) is 0 Å². The summed E-state index contributed by atoms with van der Waals surface area (Å²) in [6, 6.07) is 22.8. The molecule has 0 saturated carbocycles. The lowest BCUT2D eigenvalue weighted by molar-refractivity contribution is -0.145. The first kappa shape index (κ1) is 16.5. The normalized spacial score (nSPS) is 10.2. The number of rotatable bonds is 6. The van der Waals surface area contributed by atoms with Crippen LogP contribution in [0.1, 0.15) is 23.3 Å². The molecule has 4 heteroatoms. The Morgan fingerprint density at radius 2 is 1.76 bits per heavy atom. The molecule has 0 N–H and O–H groups in total. The van der Waals surface area contributed by atoms with Crippen LogP contribution in [0.15, 0.2) is 71.1 Å². The first-order chi connectivity index (χ1) is 12.3. The maximum Gasteiger partial charge on any atom is 0.306 e. The van der Waals surface area contributed by atoms with Crippen LogP contribution in [0.4, 0.5) is 0 Å². The van der Waals surface area contributed by atoms with Gasteiger partial charge in [-0.05, 0) is 18.2 Å². The highest BCUT2D eigenvalue weighted by atomic mass is 16.5. The fourth-order valence-corrected chi connectivity index (χ4v) is 2.48. The lowest BCUT2D eigenvalue weighted by Gasteiger charge is -2.05. The van der Waals surface area contributed by atoms with Crippen LogP contribution in [0.5, 0.6) is 0 Å². The molecule has 3 aromatic rings. The third kappa shape index (κ3) is 4.36. The fourth-order valence-electron chi connectivity index (χ4n) is 2.48. The van der Waals surface area contributed by atoms with E-state index in [0.29, 0.717) is 17.5 Å². The zero-order valence-electron chi connectivity index (χ0n) is 13.6. The number of aryl methyl sites for hydroxylation is 1. The van der Waals surface area contributed by atoms with Crippen LogP contribution in [0, 0.1) is 11.3 Å². The minimum absolute atomic E-state index is 0.107. The van der Waals surface area contributed by atoms with Gasteiger partial charge in [-0.15, -0.1) is 0 Å². The summed E-state index contributed by atoms with van der Waals surface area (Å²) in [6.07, 6.45) is 0.710. The number of hydrogen-bond donors (Lipinski definition) is 0. The van der Waals surface area contributed by atoms with E-state index in [2.05, 4.69) is 6.07 Å². The van der Waals surface area contributed by atoms with Gasteiger partial charge in [-0.3, -0.25) is 4.79 Å². The summed E-state index contributed by atoms with van der Waals surface area (Å²) in [5, 5.41) is 9.03. The highest BCUT2D eigenvalue weighted by Gasteiger charge is 2.09. The molecule has 0 fully saturated rings.